The minimum absolute atomic E-state index is 0.0276. The van der Waals surface area contributed by atoms with Gasteiger partial charge in [0.25, 0.3) is 10.0 Å². The SMILES string of the molecule is CNC(=O)C(C)N(Cc1c(Cl)cccc1Cl)C(=O)CN(c1ccc(Cl)cc1Cl)S(=O)(=O)c1ccccc1. The van der Waals surface area contributed by atoms with Gasteiger partial charge in [0.15, 0.2) is 0 Å². The van der Waals surface area contributed by atoms with E-state index in [4.69, 9.17) is 46.4 Å². The molecule has 3 rings (SSSR count). The average molecular weight is 603 g/mol. The standard InChI is InChI=1S/C25H23Cl4N3O4S/c1-16(25(34)30-2)31(14-19-20(27)9-6-10-21(19)28)24(33)15-32(23-12-11-17(26)13-22(23)29)37(35,36)18-7-4-3-5-8-18/h3-13,16H,14-15H2,1-2H3,(H,30,34). The van der Waals surface area contributed by atoms with E-state index in [0.717, 1.165) is 4.31 Å². The van der Waals surface area contributed by atoms with E-state index in [1.807, 2.05) is 0 Å². The number of anilines is 1. The summed E-state index contributed by atoms with van der Waals surface area (Å²) in [6.07, 6.45) is 0. The molecular formula is C25H23Cl4N3O4S. The third kappa shape index (κ3) is 6.69. The monoisotopic (exact) mass is 601 g/mol. The van der Waals surface area contributed by atoms with Crippen molar-refractivity contribution in [2.45, 2.75) is 24.4 Å². The molecule has 0 spiro atoms. The Bertz CT molecular complexity index is 1380. The van der Waals surface area contributed by atoms with Crippen LogP contribution in [0.25, 0.3) is 0 Å². The van der Waals surface area contributed by atoms with Gasteiger partial charge in [-0.2, -0.15) is 0 Å². The Hall–Kier alpha value is -2.49. The van der Waals surface area contributed by atoms with Gasteiger partial charge < -0.3 is 10.2 Å². The molecule has 0 heterocycles. The summed E-state index contributed by atoms with van der Waals surface area (Å²) in [6.45, 7) is 0.717. The molecule has 0 bridgehead atoms. The summed E-state index contributed by atoms with van der Waals surface area (Å²) in [5.74, 6) is -1.14. The second kappa shape index (κ2) is 12.4. The quantitative estimate of drug-likeness (QED) is 0.342. The highest BCUT2D eigenvalue weighted by molar-refractivity contribution is 7.92. The minimum Gasteiger partial charge on any atom is -0.357 e. The molecule has 0 aliphatic rings. The minimum atomic E-state index is -4.25. The fraction of sp³-hybridized carbons (Fsp3) is 0.200. The lowest BCUT2D eigenvalue weighted by Crippen LogP contribution is -2.50. The van der Waals surface area contributed by atoms with Gasteiger partial charge in [-0.05, 0) is 49.4 Å². The number of hydrogen-bond acceptors (Lipinski definition) is 4. The molecule has 3 aromatic rings. The van der Waals surface area contributed by atoms with E-state index >= 15 is 0 Å². The van der Waals surface area contributed by atoms with Gasteiger partial charge >= 0.3 is 0 Å². The average Bonchev–Trinajstić information content (AvgIpc) is 2.87. The van der Waals surface area contributed by atoms with Crippen LogP contribution in [0.15, 0.2) is 71.6 Å². The van der Waals surface area contributed by atoms with Crippen molar-refractivity contribution in [3.8, 4) is 0 Å². The topological polar surface area (TPSA) is 86.8 Å². The van der Waals surface area contributed by atoms with Crippen LogP contribution in [-0.2, 0) is 26.2 Å². The molecular weight excluding hydrogens is 580 g/mol. The van der Waals surface area contributed by atoms with Gasteiger partial charge in [0.05, 0.1) is 15.6 Å². The van der Waals surface area contributed by atoms with E-state index in [9.17, 15) is 18.0 Å². The van der Waals surface area contributed by atoms with Gasteiger partial charge in [-0.3, -0.25) is 13.9 Å². The number of nitrogens with zero attached hydrogens (tertiary/aromatic N) is 2. The van der Waals surface area contributed by atoms with Crippen molar-refractivity contribution in [2.24, 2.45) is 0 Å². The smallest absolute Gasteiger partial charge is 0.264 e. The number of halogens is 4. The number of benzene rings is 3. The Morgan fingerprint density at radius 3 is 2.08 bits per heavy atom. The summed E-state index contributed by atoms with van der Waals surface area (Å²) in [5.41, 5.74) is 0.462. The predicted molar refractivity (Wildman–Crippen MR) is 148 cm³/mol. The molecule has 0 aliphatic carbocycles. The van der Waals surface area contributed by atoms with Gasteiger partial charge in [-0.1, -0.05) is 70.7 Å². The molecule has 1 unspecified atom stereocenters. The Morgan fingerprint density at radius 2 is 1.51 bits per heavy atom. The van der Waals surface area contributed by atoms with Crippen LogP contribution in [0.5, 0.6) is 0 Å². The molecule has 0 saturated heterocycles. The zero-order valence-corrected chi connectivity index (χ0v) is 23.6. The first-order valence-corrected chi connectivity index (χ1v) is 13.9. The van der Waals surface area contributed by atoms with E-state index in [2.05, 4.69) is 5.32 Å². The third-order valence-electron chi connectivity index (χ3n) is 5.59. The first-order chi connectivity index (χ1) is 17.5. The largest absolute Gasteiger partial charge is 0.357 e. The van der Waals surface area contributed by atoms with Crippen LogP contribution in [-0.4, -0.2) is 44.8 Å². The molecule has 7 nitrogen and oxygen atoms in total. The van der Waals surface area contributed by atoms with Crippen molar-refractivity contribution >= 4 is 73.9 Å². The number of carbonyl (C=O) groups excluding carboxylic acids is 2. The van der Waals surface area contributed by atoms with Crippen molar-refractivity contribution < 1.29 is 18.0 Å². The number of likely N-dealkylation sites (N-methyl/N-ethyl adjacent to an activating group) is 1. The highest BCUT2D eigenvalue weighted by atomic mass is 35.5. The number of carbonyl (C=O) groups is 2. The first-order valence-electron chi connectivity index (χ1n) is 10.9. The molecule has 3 aromatic carbocycles. The molecule has 37 heavy (non-hydrogen) atoms. The number of hydrogen-bond donors (Lipinski definition) is 1. The zero-order chi connectivity index (χ0) is 27.3. The highest BCUT2D eigenvalue weighted by Crippen LogP contribution is 2.33. The second-order valence-corrected chi connectivity index (χ2v) is 11.5. The van der Waals surface area contributed by atoms with Crippen LogP contribution in [0.2, 0.25) is 20.1 Å². The predicted octanol–water partition coefficient (Wildman–Crippen LogP) is 5.66. The lowest BCUT2D eigenvalue weighted by molar-refractivity contribution is -0.139. The maximum absolute atomic E-state index is 13.8. The summed E-state index contributed by atoms with van der Waals surface area (Å²) in [6, 6.07) is 15.8. The maximum Gasteiger partial charge on any atom is 0.264 e. The van der Waals surface area contributed by atoms with Gasteiger partial charge in [-0.15, -0.1) is 0 Å². The molecule has 196 valence electrons. The van der Waals surface area contributed by atoms with E-state index in [0.29, 0.717) is 20.6 Å². The normalized spacial score (nSPS) is 12.1. The van der Waals surface area contributed by atoms with Crippen molar-refractivity contribution in [3.05, 3.63) is 92.4 Å². The summed E-state index contributed by atoms with van der Waals surface area (Å²) in [5, 5.41) is 3.42. The fourth-order valence-corrected chi connectivity index (χ4v) is 6.09. The second-order valence-electron chi connectivity index (χ2n) is 7.93. The number of sulfonamides is 1. The third-order valence-corrected chi connectivity index (χ3v) is 8.61. The van der Waals surface area contributed by atoms with Crippen LogP contribution in [0.1, 0.15) is 12.5 Å². The molecule has 2 amide bonds. The van der Waals surface area contributed by atoms with Gasteiger partial charge in [-0.25, -0.2) is 8.42 Å². The molecule has 0 aromatic heterocycles. The van der Waals surface area contributed by atoms with Gasteiger partial charge in [0.2, 0.25) is 11.8 Å². The van der Waals surface area contributed by atoms with Crippen LogP contribution in [0.3, 0.4) is 0 Å². The summed E-state index contributed by atoms with van der Waals surface area (Å²) in [4.78, 5) is 27.5. The van der Waals surface area contributed by atoms with Crippen molar-refractivity contribution in [1.29, 1.82) is 0 Å². The first kappa shape index (κ1) is 29.1. The lowest BCUT2D eigenvalue weighted by Gasteiger charge is -2.32. The van der Waals surface area contributed by atoms with Crippen molar-refractivity contribution in [2.75, 3.05) is 17.9 Å². The molecule has 1 N–H and O–H groups in total. The molecule has 0 aliphatic heterocycles. The molecule has 0 fully saturated rings. The summed E-state index contributed by atoms with van der Waals surface area (Å²) in [7, 11) is -2.82. The molecule has 12 heteroatoms. The van der Waals surface area contributed by atoms with Crippen LogP contribution >= 0.6 is 46.4 Å². The Morgan fingerprint density at radius 1 is 0.892 bits per heavy atom. The Kier molecular flexibility index (Phi) is 9.72. The van der Waals surface area contributed by atoms with Crippen LogP contribution in [0, 0.1) is 0 Å². The molecule has 0 radical (unpaired) electrons. The van der Waals surface area contributed by atoms with Crippen molar-refractivity contribution in [1.82, 2.24) is 10.2 Å². The van der Waals surface area contributed by atoms with E-state index in [1.54, 1.807) is 36.4 Å². The van der Waals surface area contributed by atoms with E-state index < -0.39 is 34.4 Å². The van der Waals surface area contributed by atoms with Gasteiger partial charge in [0.1, 0.15) is 12.6 Å². The number of amides is 2. The lowest BCUT2D eigenvalue weighted by atomic mass is 10.1. The molecule has 1 atom stereocenters. The van der Waals surface area contributed by atoms with E-state index in [-0.39, 0.29) is 22.2 Å². The van der Waals surface area contributed by atoms with Crippen molar-refractivity contribution in [3.63, 3.8) is 0 Å². The zero-order valence-electron chi connectivity index (χ0n) is 19.8. The van der Waals surface area contributed by atoms with Crippen LogP contribution < -0.4 is 9.62 Å². The molecule has 0 saturated carbocycles. The van der Waals surface area contributed by atoms with E-state index in [1.165, 1.54) is 49.2 Å². The van der Waals surface area contributed by atoms with Crippen LogP contribution in [0.4, 0.5) is 5.69 Å². The summed E-state index contributed by atoms with van der Waals surface area (Å²) < 4.78 is 28.3. The summed E-state index contributed by atoms with van der Waals surface area (Å²) >= 11 is 25.1. The fourth-order valence-electron chi connectivity index (χ4n) is 3.56. The number of nitrogens with one attached hydrogen (secondary N) is 1. The number of rotatable bonds is 9. The Balaban J connectivity index is 2.09. The maximum atomic E-state index is 13.8. The Labute approximate surface area is 235 Å². The van der Waals surface area contributed by atoms with Gasteiger partial charge in [0, 0.05) is 34.2 Å². The highest BCUT2D eigenvalue weighted by Gasteiger charge is 2.33.